The van der Waals surface area contributed by atoms with Crippen LogP contribution in [0, 0.1) is 5.82 Å². The predicted molar refractivity (Wildman–Crippen MR) is 143 cm³/mol. The van der Waals surface area contributed by atoms with Crippen LogP contribution >= 0.6 is 0 Å². The Morgan fingerprint density at radius 2 is 1.76 bits per heavy atom. The molecule has 3 aliphatic rings. The molecule has 1 aromatic carbocycles. The van der Waals surface area contributed by atoms with Gasteiger partial charge in [-0.2, -0.15) is 0 Å². The number of aromatic nitrogens is 1. The van der Waals surface area contributed by atoms with Gasteiger partial charge < -0.3 is 19.3 Å². The van der Waals surface area contributed by atoms with Gasteiger partial charge in [0.25, 0.3) is 0 Å². The van der Waals surface area contributed by atoms with E-state index < -0.39 is 17.9 Å². The molecule has 1 aliphatic heterocycles. The fourth-order valence-electron chi connectivity index (χ4n) is 5.88. The largest absolute Gasteiger partial charge is 0.481 e. The van der Waals surface area contributed by atoms with Gasteiger partial charge in [-0.05, 0) is 62.8 Å². The van der Waals surface area contributed by atoms with E-state index in [-0.39, 0.29) is 18.3 Å². The molecule has 3 fully saturated rings. The van der Waals surface area contributed by atoms with Crippen molar-refractivity contribution in [2.75, 3.05) is 7.11 Å². The van der Waals surface area contributed by atoms with E-state index in [0.29, 0.717) is 24.9 Å². The summed E-state index contributed by atoms with van der Waals surface area (Å²) < 4.78 is 31.7. The second-order valence-corrected chi connectivity index (χ2v) is 11.3. The van der Waals surface area contributed by atoms with Crippen LogP contribution in [0.4, 0.5) is 4.39 Å². The Morgan fingerprint density at radius 1 is 1.11 bits per heavy atom. The molecule has 2 saturated carbocycles. The summed E-state index contributed by atoms with van der Waals surface area (Å²) in [6.45, 7) is 4.06. The molecule has 6 nitrogen and oxygen atoms in total. The minimum absolute atomic E-state index is 0.0685. The molecule has 0 amide bonds. The van der Waals surface area contributed by atoms with Crippen molar-refractivity contribution >= 4 is 12.0 Å². The first-order valence-electron chi connectivity index (χ1n) is 13.8. The highest BCUT2D eigenvalue weighted by Gasteiger charge is 2.36. The molecule has 2 heterocycles. The molecule has 0 bridgehead atoms. The first kappa shape index (κ1) is 27.0. The quantitative estimate of drug-likeness (QED) is 0.383. The highest BCUT2D eigenvalue weighted by Crippen LogP contribution is 2.46. The van der Waals surface area contributed by atoms with Crippen LogP contribution in [0.15, 0.2) is 30.3 Å². The second kappa shape index (κ2) is 11.2. The van der Waals surface area contributed by atoms with E-state index in [1.165, 1.54) is 25.0 Å². The Balaban J connectivity index is 1.63. The smallest absolute Gasteiger partial charge is 0.305 e. The highest BCUT2D eigenvalue weighted by molar-refractivity contribution is 5.80. The van der Waals surface area contributed by atoms with Crippen LogP contribution in [-0.2, 0) is 25.6 Å². The van der Waals surface area contributed by atoms with Gasteiger partial charge in [0.05, 0.1) is 30.9 Å². The number of hydrogen-bond acceptors (Lipinski definition) is 5. The standard InChI is InChI=1S/C31H38FNO5/c1-31(2)37-23(16-24(38-31)17-27(34)35)14-15-25-28(19-10-12-22(32)13-11-19)26(18-36-3)30(21-8-5-9-21)33-29(25)20-6-4-7-20/h10-15,20-21,23-24H,4-9,16-18H2,1-3H3,(H,34,35)/b15-14+/t23-,24-/m1/s1. The van der Waals surface area contributed by atoms with Crippen LogP contribution < -0.4 is 0 Å². The maximum absolute atomic E-state index is 14.0. The fraction of sp³-hybridized carbons (Fsp3) is 0.548. The topological polar surface area (TPSA) is 77.9 Å². The number of carboxylic acid groups (broad SMARTS) is 1. The maximum Gasteiger partial charge on any atom is 0.305 e. The molecule has 0 unspecified atom stereocenters. The van der Waals surface area contributed by atoms with Crippen molar-refractivity contribution in [3.63, 3.8) is 0 Å². The Bertz CT molecular complexity index is 1180. The number of carbonyl (C=O) groups is 1. The van der Waals surface area contributed by atoms with Gasteiger partial charge in [-0.3, -0.25) is 9.78 Å². The molecule has 1 saturated heterocycles. The molecule has 1 aromatic heterocycles. The van der Waals surface area contributed by atoms with Crippen LogP contribution in [0.25, 0.3) is 17.2 Å². The average molecular weight is 524 g/mol. The molecule has 204 valence electrons. The van der Waals surface area contributed by atoms with Gasteiger partial charge in [-0.15, -0.1) is 0 Å². The van der Waals surface area contributed by atoms with Gasteiger partial charge in [-0.1, -0.05) is 37.1 Å². The van der Waals surface area contributed by atoms with Crippen molar-refractivity contribution < 1.29 is 28.5 Å². The number of benzene rings is 1. The van der Waals surface area contributed by atoms with Crippen molar-refractivity contribution in [3.8, 4) is 11.1 Å². The summed E-state index contributed by atoms with van der Waals surface area (Å²) in [4.78, 5) is 16.7. The SMILES string of the molecule is COCc1c(C2CCC2)nc(C2CCC2)c(/C=C/[C@@H]2C[C@H](CC(=O)O)OC(C)(C)O2)c1-c1ccc(F)cc1. The molecule has 7 heteroatoms. The summed E-state index contributed by atoms with van der Waals surface area (Å²) >= 11 is 0. The second-order valence-electron chi connectivity index (χ2n) is 11.3. The number of rotatable bonds is 9. The third kappa shape index (κ3) is 5.85. The number of halogens is 1. The molecule has 2 aromatic rings. The van der Waals surface area contributed by atoms with Gasteiger partial charge in [0.15, 0.2) is 5.79 Å². The Kier molecular flexibility index (Phi) is 7.98. The third-order valence-electron chi connectivity index (χ3n) is 8.06. The number of carboxylic acids is 1. The number of methoxy groups -OCH3 is 1. The van der Waals surface area contributed by atoms with Crippen molar-refractivity contribution in [2.24, 2.45) is 0 Å². The molecule has 0 radical (unpaired) electrons. The van der Waals surface area contributed by atoms with Crippen LogP contribution in [0.5, 0.6) is 0 Å². The van der Waals surface area contributed by atoms with Crippen LogP contribution in [0.2, 0.25) is 0 Å². The van der Waals surface area contributed by atoms with Gasteiger partial charge in [-0.25, -0.2) is 4.39 Å². The van der Waals surface area contributed by atoms with Crippen LogP contribution in [0.1, 0.15) is 99.6 Å². The van der Waals surface area contributed by atoms with Crippen molar-refractivity contribution in [1.82, 2.24) is 4.98 Å². The number of nitrogens with zero attached hydrogens (tertiary/aromatic N) is 1. The number of aliphatic carboxylic acids is 1. The Hall–Kier alpha value is -2.61. The van der Waals surface area contributed by atoms with Crippen molar-refractivity contribution in [2.45, 2.75) is 102 Å². The number of ether oxygens (including phenoxy) is 3. The molecule has 2 atom stereocenters. The molecular weight excluding hydrogens is 485 g/mol. The summed E-state index contributed by atoms with van der Waals surface area (Å²) in [5, 5.41) is 9.33. The van der Waals surface area contributed by atoms with E-state index in [4.69, 9.17) is 19.2 Å². The van der Waals surface area contributed by atoms with Gasteiger partial charge >= 0.3 is 5.97 Å². The van der Waals surface area contributed by atoms with Crippen LogP contribution in [-0.4, -0.2) is 41.2 Å². The summed E-state index contributed by atoms with van der Waals surface area (Å²) in [6, 6.07) is 6.69. The predicted octanol–water partition coefficient (Wildman–Crippen LogP) is 6.97. The van der Waals surface area contributed by atoms with E-state index in [0.717, 1.165) is 59.3 Å². The van der Waals surface area contributed by atoms with Gasteiger partial charge in [0, 0.05) is 42.2 Å². The Morgan fingerprint density at radius 3 is 2.34 bits per heavy atom. The first-order chi connectivity index (χ1) is 18.2. The van der Waals surface area contributed by atoms with E-state index in [1.807, 2.05) is 32.1 Å². The summed E-state index contributed by atoms with van der Waals surface area (Å²) in [5.41, 5.74) is 6.32. The molecule has 5 rings (SSSR count). The van der Waals surface area contributed by atoms with Crippen molar-refractivity contribution in [3.05, 3.63) is 58.7 Å². The normalized spacial score (nSPS) is 23.8. The molecule has 0 spiro atoms. The average Bonchev–Trinajstić information content (AvgIpc) is 2.76. The number of hydrogen-bond donors (Lipinski definition) is 1. The van der Waals surface area contributed by atoms with Gasteiger partial charge in [0.2, 0.25) is 0 Å². The van der Waals surface area contributed by atoms with E-state index in [9.17, 15) is 14.3 Å². The molecular formula is C31H38FNO5. The zero-order valence-electron chi connectivity index (χ0n) is 22.5. The first-order valence-corrected chi connectivity index (χ1v) is 13.8. The minimum Gasteiger partial charge on any atom is -0.481 e. The number of pyridine rings is 1. The monoisotopic (exact) mass is 523 g/mol. The molecule has 2 aliphatic carbocycles. The fourth-order valence-corrected chi connectivity index (χ4v) is 5.88. The summed E-state index contributed by atoms with van der Waals surface area (Å²) in [6.07, 6.45) is 10.6. The summed E-state index contributed by atoms with van der Waals surface area (Å²) in [7, 11) is 1.70. The van der Waals surface area contributed by atoms with Crippen LogP contribution in [0.3, 0.4) is 0 Å². The Labute approximate surface area is 224 Å². The van der Waals surface area contributed by atoms with E-state index >= 15 is 0 Å². The van der Waals surface area contributed by atoms with E-state index in [1.54, 1.807) is 7.11 Å². The minimum atomic E-state index is -0.891. The lowest BCUT2D eigenvalue weighted by Crippen LogP contribution is -2.44. The van der Waals surface area contributed by atoms with Crippen molar-refractivity contribution in [1.29, 1.82) is 0 Å². The zero-order valence-corrected chi connectivity index (χ0v) is 22.5. The zero-order chi connectivity index (χ0) is 26.9. The molecule has 1 N–H and O–H groups in total. The summed E-state index contributed by atoms with van der Waals surface area (Å²) in [5.74, 6) is -1.24. The third-order valence-corrected chi connectivity index (χ3v) is 8.06. The maximum atomic E-state index is 14.0. The lowest BCUT2D eigenvalue weighted by Gasteiger charge is -2.39. The molecule has 38 heavy (non-hydrogen) atoms. The van der Waals surface area contributed by atoms with E-state index in [2.05, 4.69) is 6.08 Å². The lowest BCUT2D eigenvalue weighted by atomic mass is 9.75. The lowest BCUT2D eigenvalue weighted by molar-refractivity contribution is -0.290. The highest BCUT2D eigenvalue weighted by atomic mass is 19.1. The van der Waals surface area contributed by atoms with Gasteiger partial charge in [0.1, 0.15) is 5.82 Å².